The molecule has 3 nitrogen and oxygen atoms in total. The van der Waals surface area contributed by atoms with Crippen LogP contribution in [0.5, 0.6) is 0 Å². The van der Waals surface area contributed by atoms with Crippen LogP contribution < -0.4 is 0 Å². The standard InChI is InChI=1S/C11H9NO2/c12-6-7-5-10(13)8-3-1-2-4-9(8)11(7)14/h1-4,7,10,13H,5H2. The van der Waals surface area contributed by atoms with Gasteiger partial charge in [0.25, 0.3) is 0 Å². The Kier molecular flexibility index (Phi) is 2.06. The van der Waals surface area contributed by atoms with E-state index in [0.717, 1.165) is 0 Å². The fourth-order valence-electron chi connectivity index (χ4n) is 1.77. The van der Waals surface area contributed by atoms with Gasteiger partial charge in [-0.15, -0.1) is 0 Å². The average molecular weight is 187 g/mol. The van der Waals surface area contributed by atoms with Crippen LogP contribution in [0.2, 0.25) is 0 Å². The molecule has 2 rings (SSSR count). The predicted molar refractivity (Wildman–Crippen MR) is 49.5 cm³/mol. The molecule has 1 aromatic rings. The third kappa shape index (κ3) is 1.21. The van der Waals surface area contributed by atoms with Crippen LogP contribution in [-0.4, -0.2) is 10.9 Å². The van der Waals surface area contributed by atoms with Crippen LogP contribution in [0.25, 0.3) is 0 Å². The van der Waals surface area contributed by atoms with Gasteiger partial charge in [-0.2, -0.15) is 5.26 Å². The molecular formula is C11H9NO2. The molecule has 0 heterocycles. The number of hydrogen-bond donors (Lipinski definition) is 1. The molecule has 14 heavy (non-hydrogen) atoms. The minimum absolute atomic E-state index is 0.173. The van der Waals surface area contributed by atoms with Gasteiger partial charge in [-0.1, -0.05) is 24.3 Å². The first-order valence-corrected chi connectivity index (χ1v) is 4.45. The van der Waals surface area contributed by atoms with E-state index in [9.17, 15) is 9.90 Å². The minimum Gasteiger partial charge on any atom is -0.388 e. The molecule has 3 heteroatoms. The van der Waals surface area contributed by atoms with Gasteiger partial charge >= 0.3 is 0 Å². The summed E-state index contributed by atoms with van der Waals surface area (Å²) in [4.78, 5) is 11.7. The SMILES string of the molecule is N#CC1CC(O)c2ccccc2C1=O. The van der Waals surface area contributed by atoms with Crippen molar-refractivity contribution in [2.75, 3.05) is 0 Å². The lowest BCUT2D eigenvalue weighted by Crippen LogP contribution is -2.24. The number of benzene rings is 1. The van der Waals surface area contributed by atoms with Gasteiger partial charge in [0.2, 0.25) is 0 Å². The van der Waals surface area contributed by atoms with Crippen LogP contribution in [0.1, 0.15) is 28.4 Å². The first-order valence-electron chi connectivity index (χ1n) is 4.45. The zero-order valence-electron chi connectivity index (χ0n) is 7.47. The summed E-state index contributed by atoms with van der Waals surface area (Å²) in [6, 6.07) is 8.82. The number of aliphatic hydroxyl groups excluding tert-OH is 1. The van der Waals surface area contributed by atoms with E-state index in [-0.39, 0.29) is 12.2 Å². The van der Waals surface area contributed by atoms with Crippen LogP contribution in [-0.2, 0) is 0 Å². The second-order valence-electron chi connectivity index (χ2n) is 3.38. The molecular weight excluding hydrogens is 178 g/mol. The number of nitriles is 1. The molecule has 70 valence electrons. The molecule has 0 saturated heterocycles. The third-order valence-corrected chi connectivity index (χ3v) is 2.52. The molecule has 1 aliphatic carbocycles. The summed E-state index contributed by atoms with van der Waals surface area (Å²) in [7, 11) is 0. The Balaban J connectivity index is 2.53. The van der Waals surface area contributed by atoms with Crippen LogP contribution in [0.3, 0.4) is 0 Å². The van der Waals surface area contributed by atoms with Crippen molar-refractivity contribution in [2.24, 2.45) is 5.92 Å². The van der Waals surface area contributed by atoms with Crippen LogP contribution in [0, 0.1) is 17.2 Å². The smallest absolute Gasteiger partial charge is 0.180 e. The fourth-order valence-corrected chi connectivity index (χ4v) is 1.77. The number of carbonyl (C=O) groups excluding carboxylic acids is 1. The van der Waals surface area contributed by atoms with E-state index >= 15 is 0 Å². The van der Waals surface area contributed by atoms with Crippen molar-refractivity contribution >= 4 is 5.78 Å². The Morgan fingerprint density at radius 2 is 2.14 bits per heavy atom. The highest BCUT2D eigenvalue weighted by Gasteiger charge is 2.32. The highest BCUT2D eigenvalue weighted by Crippen LogP contribution is 2.32. The lowest BCUT2D eigenvalue weighted by molar-refractivity contribution is 0.0832. The molecule has 0 saturated carbocycles. The van der Waals surface area contributed by atoms with Gasteiger partial charge in [-0.05, 0) is 5.56 Å². The van der Waals surface area contributed by atoms with E-state index in [2.05, 4.69) is 0 Å². The Morgan fingerprint density at radius 3 is 2.86 bits per heavy atom. The van der Waals surface area contributed by atoms with E-state index in [4.69, 9.17) is 5.26 Å². The number of hydrogen-bond acceptors (Lipinski definition) is 3. The van der Waals surface area contributed by atoms with E-state index in [1.807, 2.05) is 6.07 Å². The zero-order valence-corrected chi connectivity index (χ0v) is 7.47. The molecule has 1 aromatic carbocycles. The molecule has 0 amide bonds. The summed E-state index contributed by atoms with van der Waals surface area (Å²) in [6.07, 6.45) is -0.472. The Hall–Kier alpha value is -1.66. The summed E-state index contributed by atoms with van der Waals surface area (Å²) in [5.74, 6) is -0.867. The number of ketones is 1. The highest BCUT2D eigenvalue weighted by atomic mass is 16.3. The van der Waals surface area contributed by atoms with Crippen molar-refractivity contribution in [3.63, 3.8) is 0 Å². The number of fused-ring (bicyclic) bond motifs is 1. The number of aliphatic hydroxyl groups is 1. The van der Waals surface area contributed by atoms with E-state index in [1.165, 1.54) is 0 Å². The van der Waals surface area contributed by atoms with Gasteiger partial charge < -0.3 is 5.11 Å². The van der Waals surface area contributed by atoms with Gasteiger partial charge in [0.15, 0.2) is 5.78 Å². The quantitative estimate of drug-likeness (QED) is 0.668. The average Bonchev–Trinajstić information content (AvgIpc) is 2.23. The van der Waals surface area contributed by atoms with Crippen molar-refractivity contribution < 1.29 is 9.90 Å². The highest BCUT2D eigenvalue weighted by molar-refractivity contribution is 6.01. The Bertz CT molecular complexity index is 420. The summed E-state index contributed by atoms with van der Waals surface area (Å²) >= 11 is 0. The molecule has 2 unspecified atom stereocenters. The molecule has 2 atom stereocenters. The normalized spacial score (nSPS) is 25.3. The Labute approximate surface area is 81.6 Å². The van der Waals surface area contributed by atoms with Crippen LogP contribution in [0.15, 0.2) is 24.3 Å². The number of nitrogens with zero attached hydrogens (tertiary/aromatic N) is 1. The Morgan fingerprint density at radius 1 is 1.43 bits per heavy atom. The van der Waals surface area contributed by atoms with Gasteiger partial charge in [-0.25, -0.2) is 0 Å². The van der Waals surface area contributed by atoms with Gasteiger partial charge in [0.1, 0.15) is 5.92 Å². The first kappa shape index (κ1) is 8.92. The number of rotatable bonds is 0. The topological polar surface area (TPSA) is 61.1 Å². The maximum Gasteiger partial charge on any atom is 0.180 e. The lowest BCUT2D eigenvalue weighted by Gasteiger charge is -2.23. The van der Waals surface area contributed by atoms with Crippen molar-refractivity contribution in [3.05, 3.63) is 35.4 Å². The van der Waals surface area contributed by atoms with E-state index in [0.29, 0.717) is 11.1 Å². The largest absolute Gasteiger partial charge is 0.388 e. The molecule has 0 aliphatic heterocycles. The van der Waals surface area contributed by atoms with Crippen LogP contribution in [0.4, 0.5) is 0 Å². The molecule has 0 aromatic heterocycles. The monoisotopic (exact) mass is 187 g/mol. The van der Waals surface area contributed by atoms with Gasteiger partial charge in [-0.3, -0.25) is 4.79 Å². The van der Waals surface area contributed by atoms with Crippen molar-refractivity contribution in [1.29, 1.82) is 5.26 Å². The van der Waals surface area contributed by atoms with Crippen molar-refractivity contribution in [2.45, 2.75) is 12.5 Å². The molecule has 0 spiro atoms. The van der Waals surface area contributed by atoms with Crippen LogP contribution >= 0.6 is 0 Å². The second-order valence-corrected chi connectivity index (χ2v) is 3.38. The maximum atomic E-state index is 11.7. The second kappa shape index (κ2) is 3.24. The van der Waals surface area contributed by atoms with Gasteiger partial charge in [0, 0.05) is 12.0 Å². The molecule has 1 N–H and O–H groups in total. The minimum atomic E-state index is -0.695. The van der Waals surface area contributed by atoms with Crippen molar-refractivity contribution in [3.8, 4) is 6.07 Å². The molecule has 0 radical (unpaired) electrons. The summed E-state index contributed by atoms with van der Waals surface area (Å²) < 4.78 is 0. The molecule has 0 bridgehead atoms. The lowest BCUT2D eigenvalue weighted by atomic mass is 9.82. The summed E-state index contributed by atoms with van der Waals surface area (Å²) in [5.41, 5.74) is 1.13. The van der Waals surface area contributed by atoms with E-state index in [1.54, 1.807) is 24.3 Å². The number of Topliss-reactive ketones (excluding diaryl/α,β-unsaturated/α-hetero) is 1. The fraction of sp³-hybridized carbons (Fsp3) is 0.273. The third-order valence-electron chi connectivity index (χ3n) is 2.52. The summed E-state index contributed by atoms with van der Waals surface area (Å²) in [6.45, 7) is 0. The zero-order chi connectivity index (χ0) is 10.1. The van der Waals surface area contributed by atoms with E-state index < -0.39 is 12.0 Å². The molecule has 1 aliphatic rings. The summed E-state index contributed by atoms with van der Waals surface area (Å²) in [5, 5.41) is 18.4. The van der Waals surface area contributed by atoms with Gasteiger partial charge in [0.05, 0.1) is 12.2 Å². The molecule has 0 fully saturated rings. The first-order chi connectivity index (χ1) is 6.74. The van der Waals surface area contributed by atoms with Crippen molar-refractivity contribution in [1.82, 2.24) is 0 Å². The predicted octanol–water partition coefficient (Wildman–Crippen LogP) is 1.45. The maximum absolute atomic E-state index is 11.7. The number of carbonyl (C=O) groups is 1.